The van der Waals surface area contributed by atoms with E-state index in [4.69, 9.17) is 4.74 Å². The molecule has 1 aromatic carbocycles. The minimum atomic E-state index is -0.595. The van der Waals surface area contributed by atoms with Gasteiger partial charge in [0.1, 0.15) is 5.56 Å². The lowest BCUT2D eigenvalue weighted by Crippen LogP contribution is -2.50. The average Bonchev–Trinajstić information content (AvgIpc) is 2.90. The zero-order valence-corrected chi connectivity index (χ0v) is 14.1. The molecule has 2 aliphatic heterocycles. The minimum Gasteiger partial charge on any atom is -0.465 e. The van der Waals surface area contributed by atoms with Gasteiger partial charge in [0.2, 0.25) is 0 Å². The molecule has 5 heteroatoms. The summed E-state index contributed by atoms with van der Waals surface area (Å²) in [5.41, 5.74) is 2.84. The first-order valence-electron chi connectivity index (χ1n) is 8.18. The smallest absolute Gasteiger partial charge is 0.343 e. The standard InChI is InChI=1S/C19H20N2O3/c1-19(2)9-8-15-12-6-4-5-7-13(12)16-10-17(22)14(18(23)24-3)11-20(16)21(15)19/h4-7,10-11,15H,8-9H2,1-3H3. The minimum absolute atomic E-state index is 0.0601. The van der Waals surface area contributed by atoms with Crippen molar-refractivity contribution in [3.8, 4) is 11.3 Å². The highest BCUT2D eigenvalue weighted by Gasteiger charge is 2.44. The quantitative estimate of drug-likeness (QED) is 0.757. The van der Waals surface area contributed by atoms with Crippen LogP contribution >= 0.6 is 0 Å². The molecule has 2 aromatic rings. The number of methoxy groups -OCH3 is 1. The monoisotopic (exact) mass is 324 g/mol. The molecule has 2 aliphatic rings. The lowest BCUT2D eigenvalue weighted by Gasteiger charge is -2.44. The van der Waals surface area contributed by atoms with Gasteiger partial charge in [-0.25, -0.2) is 4.79 Å². The third-order valence-electron chi connectivity index (χ3n) is 5.21. The molecule has 0 radical (unpaired) electrons. The molecule has 1 aromatic heterocycles. The summed E-state index contributed by atoms with van der Waals surface area (Å²) in [5, 5.41) is 2.29. The number of fused-ring (bicyclic) bond motifs is 6. The van der Waals surface area contributed by atoms with Crippen LogP contribution in [0.4, 0.5) is 0 Å². The molecule has 1 saturated heterocycles. The zero-order chi connectivity index (χ0) is 17.1. The Balaban J connectivity index is 2.03. The molecule has 1 atom stereocenters. The van der Waals surface area contributed by atoms with Crippen molar-refractivity contribution in [2.45, 2.75) is 38.3 Å². The summed E-state index contributed by atoms with van der Waals surface area (Å²) >= 11 is 0. The van der Waals surface area contributed by atoms with Crippen molar-refractivity contribution < 1.29 is 9.53 Å². The number of benzene rings is 1. The summed E-state index contributed by atoms with van der Waals surface area (Å²) in [5.74, 6) is -0.595. The lowest BCUT2D eigenvalue weighted by atomic mass is 9.94. The number of esters is 1. The van der Waals surface area contributed by atoms with Crippen molar-refractivity contribution in [1.82, 2.24) is 4.68 Å². The van der Waals surface area contributed by atoms with E-state index in [1.165, 1.54) is 12.7 Å². The normalized spacial score (nSPS) is 20.1. The maximum absolute atomic E-state index is 12.4. The SMILES string of the molecule is COC(=O)c1cn2c(cc1=O)-c1ccccc1C1CCC(C)(C)N12. The molecule has 0 aliphatic carbocycles. The van der Waals surface area contributed by atoms with Crippen molar-refractivity contribution in [2.75, 3.05) is 12.1 Å². The topological polar surface area (TPSA) is 51.5 Å². The maximum atomic E-state index is 12.4. The van der Waals surface area contributed by atoms with Crippen LogP contribution in [0.3, 0.4) is 0 Å². The number of aromatic nitrogens is 1. The van der Waals surface area contributed by atoms with Crippen LogP contribution in [-0.4, -0.2) is 23.3 Å². The van der Waals surface area contributed by atoms with Crippen LogP contribution < -0.4 is 10.4 Å². The van der Waals surface area contributed by atoms with Gasteiger partial charge in [0, 0.05) is 17.8 Å². The predicted octanol–water partition coefficient (Wildman–Crippen LogP) is 2.87. The zero-order valence-electron chi connectivity index (χ0n) is 14.1. The van der Waals surface area contributed by atoms with Gasteiger partial charge in [-0.1, -0.05) is 24.3 Å². The fraction of sp³-hybridized carbons (Fsp3) is 0.368. The van der Waals surface area contributed by atoms with Gasteiger partial charge < -0.3 is 4.74 Å². The van der Waals surface area contributed by atoms with Crippen molar-refractivity contribution in [2.24, 2.45) is 0 Å². The van der Waals surface area contributed by atoms with Gasteiger partial charge in [-0.3, -0.25) is 14.5 Å². The fourth-order valence-electron chi connectivity index (χ4n) is 4.06. The van der Waals surface area contributed by atoms with E-state index in [1.54, 1.807) is 12.3 Å². The number of hydrogen-bond donors (Lipinski definition) is 0. The fourth-order valence-corrected chi connectivity index (χ4v) is 4.06. The first kappa shape index (κ1) is 15.0. The molecule has 0 bridgehead atoms. The summed E-state index contributed by atoms with van der Waals surface area (Å²) in [7, 11) is 1.30. The van der Waals surface area contributed by atoms with E-state index in [9.17, 15) is 9.59 Å². The molecule has 3 heterocycles. The highest BCUT2D eigenvalue weighted by atomic mass is 16.5. The van der Waals surface area contributed by atoms with Gasteiger partial charge in [0.15, 0.2) is 5.43 Å². The van der Waals surface area contributed by atoms with Crippen molar-refractivity contribution in [1.29, 1.82) is 0 Å². The molecule has 124 valence electrons. The Kier molecular flexibility index (Phi) is 3.10. The maximum Gasteiger partial charge on any atom is 0.343 e. The van der Waals surface area contributed by atoms with E-state index in [0.717, 1.165) is 24.1 Å². The second-order valence-corrected chi connectivity index (χ2v) is 7.07. The largest absolute Gasteiger partial charge is 0.465 e. The van der Waals surface area contributed by atoms with Gasteiger partial charge in [-0.2, -0.15) is 0 Å². The van der Waals surface area contributed by atoms with Gasteiger partial charge in [0.05, 0.1) is 24.4 Å². The molecule has 0 N–H and O–H groups in total. The molecular weight excluding hydrogens is 304 g/mol. The highest BCUT2D eigenvalue weighted by Crippen LogP contribution is 2.47. The van der Waals surface area contributed by atoms with Crippen LogP contribution in [0, 0.1) is 0 Å². The molecule has 0 spiro atoms. The first-order valence-corrected chi connectivity index (χ1v) is 8.18. The van der Waals surface area contributed by atoms with Gasteiger partial charge in [0.25, 0.3) is 0 Å². The summed E-state index contributed by atoms with van der Waals surface area (Å²) in [4.78, 5) is 24.4. The Bertz CT molecular complexity index is 898. The molecule has 24 heavy (non-hydrogen) atoms. The summed E-state index contributed by atoms with van der Waals surface area (Å²) in [6, 6.07) is 10.0. The number of pyridine rings is 1. The molecule has 0 saturated carbocycles. The van der Waals surface area contributed by atoms with E-state index in [0.29, 0.717) is 0 Å². The van der Waals surface area contributed by atoms with E-state index in [2.05, 4.69) is 24.9 Å². The van der Waals surface area contributed by atoms with E-state index in [-0.39, 0.29) is 22.6 Å². The van der Waals surface area contributed by atoms with Crippen LogP contribution in [0.15, 0.2) is 41.3 Å². The number of carbonyl (C=O) groups is 1. The Hall–Kier alpha value is -2.56. The number of carbonyl (C=O) groups excluding carboxylic acids is 1. The lowest BCUT2D eigenvalue weighted by molar-refractivity contribution is 0.0598. The van der Waals surface area contributed by atoms with Crippen molar-refractivity contribution in [3.05, 3.63) is 57.9 Å². The predicted molar refractivity (Wildman–Crippen MR) is 91.7 cm³/mol. The first-order chi connectivity index (χ1) is 11.4. The number of rotatable bonds is 1. The Morgan fingerprint density at radius 2 is 2.04 bits per heavy atom. The molecule has 0 amide bonds. The average molecular weight is 324 g/mol. The second-order valence-electron chi connectivity index (χ2n) is 7.07. The number of ether oxygens (including phenoxy) is 1. The van der Waals surface area contributed by atoms with E-state index < -0.39 is 5.97 Å². The number of nitrogens with zero attached hydrogens (tertiary/aromatic N) is 2. The highest BCUT2D eigenvalue weighted by molar-refractivity contribution is 5.89. The van der Waals surface area contributed by atoms with Gasteiger partial charge in [-0.05, 0) is 32.3 Å². The van der Waals surface area contributed by atoms with Gasteiger partial charge >= 0.3 is 5.97 Å². The van der Waals surface area contributed by atoms with Crippen LogP contribution in [0.1, 0.15) is 48.7 Å². The summed E-state index contributed by atoms with van der Waals surface area (Å²) < 4.78 is 6.75. The Morgan fingerprint density at radius 1 is 1.29 bits per heavy atom. The van der Waals surface area contributed by atoms with E-state index >= 15 is 0 Å². The summed E-state index contributed by atoms with van der Waals surface area (Å²) in [6.07, 6.45) is 3.73. The van der Waals surface area contributed by atoms with Crippen LogP contribution in [0.2, 0.25) is 0 Å². The van der Waals surface area contributed by atoms with Crippen molar-refractivity contribution >= 4 is 5.97 Å². The molecule has 1 unspecified atom stereocenters. The van der Waals surface area contributed by atoms with Crippen LogP contribution in [0.25, 0.3) is 11.3 Å². The molecule has 1 fully saturated rings. The van der Waals surface area contributed by atoms with E-state index in [1.807, 2.05) is 22.9 Å². The molecular formula is C19H20N2O3. The summed E-state index contributed by atoms with van der Waals surface area (Å²) in [6.45, 7) is 4.39. The third kappa shape index (κ3) is 1.94. The third-order valence-corrected chi connectivity index (χ3v) is 5.21. The Labute approximate surface area is 140 Å². The van der Waals surface area contributed by atoms with Crippen molar-refractivity contribution in [3.63, 3.8) is 0 Å². The molecule has 5 nitrogen and oxygen atoms in total. The van der Waals surface area contributed by atoms with Crippen LogP contribution in [-0.2, 0) is 4.74 Å². The van der Waals surface area contributed by atoms with Crippen LogP contribution in [0.5, 0.6) is 0 Å². The second kappa shape index (κ2) is 4.97. The Morgan fingerprint density at radius 3 is 2.79 bits per heavy atom. The van der Waals surface area contributed by atoms with Gasteiger partial charge in [-0.15, -0.1) is 0 Å². The number of hydrogen-bond acceptors (Lipinski definition) is 4. The molecule has 4 rings (SSSR count).